The van der Waals surface area contributed by atoms with E-state index in [1.807, 2.05) is 23.0 Å². The standard InChI is InChI=1S/C16H18Cl2N4/c1-21-11-3-4-12(21)8-13(7-11)22-9-16(19-20-22)10-2-5-14(17)15(18)6-10/h2,5-6,9,11-13H,3-4,7-8H2,1H3/t11-,12+,13?. The van der Waals surface area contributed by atoms with Crippen LogP contribution in [-0.2, 0) is 0 Å². The molecule has 2 aliphatic heterocycles. The number of hydrogen-bond acceptors (Lipinski definition) is 3. The Morgan fingerprint density at radius 3 is 2.45 bits per heavy atom. The molecule has 2 bridgehead atoms. The molecule has 0 aliphatic carbocycles. The van der Waals surface area contributed by atoms with Crippen molar-refractivity contribution in [2.75, 3.05) is 7.05 Å². The Labute approximate surface area is 140 Å². The fraction of sp³-hybridized carbons (Fsp3) is 0.500. The van der Waals surface area contributed by atoms with Gasteiger partial charge in [-0.15, -0.1) is 5.10 Å². The predicted molar refractivity (Wildman–Crippen MR) is 88.3 cm³/mol. The van der Waals surface area contributed by atoms with E-state index in [2.05, 4.69) is 22.3 Å². The molecule has 2 saturated heterocycles. The third-order valence-electron chi connectivity index (χ3n) is 5.17. The lowest BCUT2D eigenvalue weighted by Gasteiger charge is -2.36. The van der Waals surface area contributed by atoms with Gasteiger partial charge in [-0.3, -0.25) is 0 Å². The zero-order valence-corrected chi connectivity index (χ0v) is 13.9. The zero-order chi connectivity index (χ0) is 15.3. The van der Waals surface area contributed by atoms with Gasteiger partial charge in [0.1, 0.15) is 5.69 Å². The Kier molecular flexibility index (Phi) is 3.63. The summed E-state index contributed by atoms with van der Waals surface area (Å²) >= 11 is 12.1. The minimum Gasteiger partial charge on any atom is -0.300 e. The number of halogens is 2. The van der Waals surface area contributed by atoms with Crippen molar-refractivity contribution in [2.45, 2.75) is 43.8 Å². The van der Waals surface area contributed by atoms with Crippen molar-refractivity contribution >= 4 is 23.2 Å². The summed E-state index contributed by atoms with van der Waals surface area (Å²) in [5, 5.41) is 9.79. The van der Waals surface area contributed by atoms with Crippen LogP contribution in [0.4, 0.5) is 0 Å². The Morgan fingerprint density at radius 1 is 1.05 bits per heavy atom. The van der Waals surface area contributed by atoms with Gasteiger partial charge in [0.2, 0.25) is 0 Å². The van der Waals surface area contributed by atoms with Crippen LogP contribution in [0.5, 0.6) is 0 Å². The molecule has 22 heavy (non-hydrogen) atoms. The quantitative estimate of drug-likeness (QED) is 0.829. The third kappa shape index (κ3) is 2.43. The maximum atomic E-state index is 6.09. The molecule has 0 saturated carbocycles. The Balaban J connectivity index is 1.58. The van der Waals surface area contributed by atoms with Crippen molar-refractivity contribution in [3.8, 4) is 11.3 Å². The molecule has 3 atom stereocenters. The van der Waals surface area contributed by atoms with Crippen molar-refractivity contribution in [2.24, 2.45) is 0 Å². The minimum atomic E-state index is 0.456. The molecule has 0 radical (unpaired) electrons. The van der Waals surface area contributed by atoms with Crippen LogP contribution < -0.4 is 0 Å². The van der Waals surface area contributed by atoms with Gasteiger partial charge >= 0.3 is 0 Å². The van der Waals surface area contributed by atoms with E-state index < -0.39 is 0 Å². The number of hydrogen-bond donors (Lipinski definition) is 0. The largest absolute Gasteiger partial charge is 0.300 e. The van der Waals surface area contributed by atoms with Crippen molar-refractivity contribution < 1.29 is 0 Å². The van der Waals surface area contributed by atoms with Crippen LogP contribution in [0.15, 0.2) is 24.4 Å². The Bertz CT molecular complexity index is 685. The molecule has 4 nitrogen and oxygen atoms in total. The normalized spacial score (nSPS) is 28.2. The molecule has 116 valence electrons. The van der Waals surface area contributed by atoms with Gasteiger partial charge in [-0.25, -0.2) is 4.68 Å². The van der Waals surface area contributed by atoms with Crippen molar-refractivity contribution in [3.63, 3.8) is 0 Å². The van der Waals surface area contributed by atoms with E-state index in [4.69, 9.17) is 23.2 Å². The summed E-state index contributed by atoms with van der Waals surface area (Å²) in [5.41, 5.74) is 1.81. The average Bonchev–Trinajstić information content (AvgIpc) is 3.05. The van der Waals surface area contributed by atoms with Crippen LogP contribution >= 0.6 is 23.2 Å². The summed E-state index contributed by atoms with van der Waals surface area (Å²) in [5.74, 6) is 0. The van der Waals surface area contributed by atoms with Gasteiger partial charge < -0.3 is 4.90 Å². The molecule has 0 spiro atoms. The van der Waals surface area contributed by atoms with Crippen LogP contribution in [0.3, 0.4) is 0 Å². The van der Waals surface area contributed by atoms with E-state index in [9.17, 15) is 0 Å². The zero-order valence-electron chi connectivity index (χ0n) is 12.4. The second kappa shape index (κ2) is 5.52. The molecule has 6 heteroatoms. The molecule has 4 rings (SSSR count). The molecule has 1 aromatic carbocycles. The number of benzene rings is 1. The first-order valence-corrected chi connectivity index (χ1v) is 8.46. The lowest BCUT2D eigenvalue weighted by atomic mass is 9.98. The highest BCUT2D eigenvalue weighted by Gasteiger charge is 2.39. The lowest BCUT2D eigenvalue weighted by molar-refractivity contribution is 0.130. The highest BCUT2D eigenvalue weighted by molar-refractivity contribution is 6.42. The highest BCUT2D eigenvalue weighted by atomic mass is 35.5. The third-order valence-corrected chi connectivity index (χ3v) is 5.91. The van der Waals surface area contributed by atoms with Crippen LogP contribution in [0, 0.1) is 0 Å². The van der Waals surface area contributed by atoms with Crippen LogP contribution in [0.2, 0.25) is 10.0 Å². The van der Waals surface area contributed by atoms with Gasteiger partial charge in [-0.2, -0.15) is 0 Å². The first-order valence-electron chi connectivity index (χ1n) is 7.71. The lowest BCUT2D eigenvalue weighted by Crippen LogP contribution is -2.40. The smallest absolute Gasteiger partial charge is 0.113 e. The van der Waals surface area contributed by atoms with E-state index in [-0.39, 0.29) is 0 Å². The van der Waals surface area contributed by atoms with E-state index >= 15 is 0 Å². The highest BCUT2D eigenvalue weighted by Crippen LogP contribution is 2.39. The predicted octanol–water partition coefficient (Wildman–Crippen LogP) is 4.05. The van der Waals surface area contributed by atoms with Crippen LogP contribution in [-0.4, -0.2) is 39.0 Å². The second-order valence-electron chi connectivity index (χ2n) is 6.39. The molecule has 2 fully saturated rings. The Morgan fingerprint density at radius 2 is 1.77 bits per heavy atom. The van der Waals surface area contributed by atoms with E-state index in [0.717, 1.165) is 24.1 Å². The van der Waals surface area contributed by atoms with Gasteiger partial charge in [0.05, 0.1) is 22.3 Å². The van der Waals surface area contributed by atoms with E-state index in [1.54, 1.807) is 6.07 Å². The van der Waals surface area contributed by atoms with Crippen molar-refractivity contribution in [1.29, 1.82) is 0 Å². The summed E-state index contributed by atoms with van der Waals surface area (Å²) in [7, 11) is 2.25. The van der Waals surface area contributed by atoms with Crippen molar-refractivity contribution in [1.82, 2.24) is 19.9 Å². The maximum absolute atomic E-state index is 6.09. The number of rotatable bonds is 2. The molecule has 0 N–H and O–H groups in total. The number of aromatic nitrogens is 3. The minimum absolute atomic E-state index is 0.456. The molecular formula is C16H18Cl2N4. The fourth-order valence-electron chi connectivity index (χ4n) is 3.84. The van der Waals surface area contributed by atoms with Gasteiger partial charge in [0.15, 0.2) is 0 Å². The summed E-state index contributed by atoms with van der Waals surface area (Å²) in [6.07, 6.45) is 6.99. The maximum Gasteiger partial charge on any atom is 0.113 e. The monoisotopic (exact) mass is 336 g/mol. The van der Waals surface area contributed by atoms with E-state index in [0.29, 0.717) is 28.2 Å². The number of fused-ring (bicyclic) bond motifs is 2. The first kappa shape index (κ1) is 14.5. The average molecular weight is 337 g/mol. The van der Waals surface area contributed by atoms with Gasteiger partial charge in [0.25, 0.3) is 0 Å². The SMILES string of the molecule is CN1[C@@H]2CC[C@H]1CC(n1cc(-c3ccc(Cl)c(Cl)c3)nn1)C2. The molecule has 0 amide bonds. The van der Waals surface area contributed by atoms with Crippen LogP contribution in [0.25, 0.3) is 11.3 Å². The fourth-order valence-corrected chi connectivity index (χ4v) is 4.14. The van der Waals surface area contributed by atoms with Gasteiger partial charge in [-0.1, -0.05) is 34.5 Å². The summed E-state index contributed by atoms with van der Waals surface area (Å²) < 4.78 is 2.04. The molecule has 2 aliphatic rings. The van der Waals surface area contributed by atoms with Gasteiger partial charge in [-0.05, 0) is 44.9 Å². The molecule has 3 heterocycles. The summed E-state index contributed by atoms with van der Waals surface area (Å²) in [4.78, 5) is 2.54. The molecule has 1 aromatic heterocycles. The number of piperidine rings is 1. The molecule has 2 aromatic rings. The summed E-state index contributed by atoms with van der Waals surface area (Å²) in [6.45, 7) is 0. The summed E-state index contributed by atoms with van der Waals surface area (Å²) in [6, 6.07) is 7.42. The first-order chi connectivity index (χ1) is 10.6. The number of nitrogens with zero attached hydrogens (tertiary/aromatic N) is 4. The van der Waals surface area contributed by atoms with Crippen molar-refractivity contribution in [3.05, 3.63) is 34.4 Å². The molecule has 1 unspecified atom stereocenters. The Hall–Kier alpha value is -1.10. The second-order valence-corrected chi connectivity index (χ2v) is 7.20. The van der Waals surface area contributed by atoms with E-state index in [1.165, 1.54) is 12.8 Å². The van der Waals surface area contributed by atoms with Gasteiger partial charge in [0, 0.05) is 17.6 Å². The molecular weight excluding hydrogens is 319 g/mol. The van der Waals surface area contributed by atoms with Crippen LogP contribution in [0.1, 0.15) is 31.7 Å². The topological polar surface area (TPSA) is 34.0 Å².